The van der Waals surface area contributed by atoms with Crippen molar-refractivity contribution in [3.63, 3.8) is 0 Å². The van der Waals surface area contributed by atoms with Crippen LogP contribution in [0.3, 0.4) is 0 Å². The molecule has 94 valence electrons. The summed E-state index contributed by atoms with van der Waals surface area (Å²) in [5.74, 6) is 0.233. The summed E-state index contributed by atoms with van der Waals surface area (Å²) in [5.41, 5.74) is -1.02. The lowest BCUT2D eigenvalue weighted by Gasteiger charge is -2.27. The van der Waals surface area contributed by atoms with E-state index in [1.807, 2.05) is 6.08 Å². The Morgan fingerprint density at radius 1 is 1.41 bits per heavy atom. The minimum absolute atomic E-state index is 0.0539. The molecule has 1 saturated heterocycles. The van der Waals surface area contributed by atoms with Gasteiger partial charge in [0.2, 0.25) is 5.91 Å². The van der Waals surface area contributed by atoms with E-state index in [1.54, 1.807) is 11.8 Å². The Bertz CT molecular complexity index is 348. The largest absolute Gasteiger partial charge is 0.479 e. The first-order valence-corrected chi connectivity index (χ1v) is 7.08. The fraction of sp³-hybridized carbons (Fsp3) is 0.667. The van der Waals surface area contributed by atoms with Gasteiger partial charge < -0.3 is 10.4 Å². The van der Waals surface area contributed by atoms with Crippen molar-refractivity contribution in [2.24, 2.45) is 5.92 Å². The molecule has 4 nitrogen and oxygen atoms in total. The number of allylic oxidation sites excluding steroid dienone is 2. The number of thioether (sulfide) groups is 1. The maximum absolute atomic E-state index is 12.0. The van der Waals surface area contributed by atoms with E-state index in [1.165, 1.54) is 0 Å². The van der Waals surface area contributed by atoms with E-state index in [0.29, 0.717) is 12.2 Å². The van der Waals surface area contributed by atoms with Gasteiger partial charge in [0.15, 0.2) is 0 Å². The smallest absolute Gasteiger partial charge is 0.330 e. The molecule has 0 bridgehead atoms. The number of aliphatic carboxylic acids is 1. The molecular formula is C12H17NO3S. The maximum atomic E-state index is 12.0. The molecule has 0 aromatic heterocycles. The fourth-order valence-corrected chi connectivity index (χ4v) is 3.58. The van der Waals surface area contributed by atoms with Crippen LogP contribution in [0.25, 0.3) is 0 Å². The van der Waals surface area contributed by atoms with Gasteiger partial charge in [-0.3, -0.25) is 4.79 Å². The van der Waals surface area contributed by atoms with Crippen LogP contribution in [0.2, 0.25) is 0 Å². The van der Waals surface area contributed by atoms with E-state index in [2.05, 4.69) is 11.4 Å². The molecule has 1 aliphatic carbocycles. The molecule has 0 radical (unpaired) electrons. The summed E-state index contributed by atoms with van der Waals surface area (Å²) in [7, 11) is 0. The highest BCUT2D eigenvalue weighted by atomic mass is 32.2. The first kappa shape index (κ1) is 12.5. The molecule has 2 rings (SSSR count). The molecule has 1 amide bonds. The zero-order chi connectivity index (χ0) is 12.3. The van der Waals surface area contributed by atoms with Crippen LogP contribution in [0.15, 0.2) is 12.2 Å². The normalized spacial score (nSPS) is 32.4. The molecule has 0 aromatic carbocycles. The standard InChI is InChI=1S/C12H17NO3S/c14-10(9-4-2-1-3-5-9)13-12(11(15)16)6-7-17-8-12/h1-2,9H,3-8H2,(H,13,14)(H,15,16). The van der Waals surface area contributed by atoms with E-state index < -0.39 is 11.5 Å². The van der Waals surface area contributed by atoms with Crippen molar-refractivity contribution >= 4 is 23.6 Å². The van der Waals surface area contributed by atoms with Crippen LogP contribution in [0, 0.1) is 5.92 Å². The summed E-state index contributed by atoms with van der Waals surface area (Å²) >= 11 is 1.59. The Morgan fingerprint density at radius 3 is 2.76 bits per heavy atom. The van der Waals surface area contributed by atoms with Gasteiger partial charge in [-0.25, -0.2) is 4.79 Å². The average Bonchev–Trinajstić information content (AvgIpc) is 2.80. The Labute approximate surface area is 105 Å². The van der Waals surface area contributed by atoms with Crippen molar-refractivity contribution in [1.29, 1.82) is 0 Å². The number of rotatable bonds is 3. The van der Waals surface area contributed by atoms with Gasteiger partial charge in [0, 0.05) is 11.7 Å². The molecule has 17 heavy (non-hydrogen) atoms. The van der Waals surface area contributed by atoms with Crippen LogP contribution < -0.4 is 5.32 Å². The predicted molar refractivity (Wildman–Crippen MR) is 66.9 cm³/mol. The van der Waals surface area contributed by atoms with Gasteiger partial charge in [0.25, 0.3) is 0 Å². The number of amides is 1. The molecule has 0 saturated carbocycles. The number of carbonyl (C=O) groups excluding carboxylic acids is 1. The summed E-state index contributed by atoms with van der Waals surface area (Å²) in [5, 5.41) is 12.0. The van der Waals surface area contributed by atoms with E-state index in [4.69, 9.17) is 0 Å². The molecule has 2 aliphatic rings. The number of carboxylic acid groups (broad SMARTS) is 1. The third-order valence-corrected chi connectivity index (χ3v) is 4.62. The number of hydrogen-bond donors (Lipinski definition) is 2. The molecule has 0 spiro atoms. The van der Waals surface area contributed by atoms with Gasteiger partial charge in [-0.15, -0.1) is 0 Å². The van der Waals surface area contributed by atoms with Gasteiger partial charge in [0.1, 0.15) is 5.54 Å². The minimum Gasteiger partial charge on any atom is -0.479 e. The van der Waals surface area contributed by atoms with Crippen LogP contribution >= 0.6 is 11.8 Å². The summed E-state index contributed by atoms with van der Waals surface area (Å²) < 4.78 is 0. The highest BCUT2D eigenvalue weighted by Crippen LogP contribution is 2.29. The number of carbonyl (C=O) groups is 2. The average molecular weight is 255 g/mol. The predicted octanol–water partition coefficient (Wildman–Crippen LogP) is 1.42. The van der Waals surface area contributed by atoms with Crippen molar-refractivity contribution in [2.75, 3.05) is 11.5 Å². The van der Waals surface area contributed by atoms with Gasteiger partial charge >= 0.3 is 5.97 Å². The lowest BCUT2D eigenvalue weighted by atomic mass is 9.91. The zero-order valence-corrected chi connectivity index (χ0v) is 10.5. The molecular weight excluding hydrogens is 238 g/mol. The minimum atomic E-state index is -1.02. The molecule has 1 heterocycles. The third-order valence-electron chi connectivity index (χ3n) is 3.43. The lowest BCUT2D eigenvalue weighted by molar-refractivity contribution is -0.147. The number of nitrogens with one attached hydrogen (secondary N) is 1. The quantitative estimate of drug-likeness (QED) is 0.748. The van der Waals surface area contributed by atoms with Crippen molar-refractivity contribution < 1.29 is 14.7 Å². The maximum Gasteiger partial charge on any atom is 0.330 e. The first-order valence-electron chi connectivity index (χ1n) is 5.92. The number of hydrogen-bond acceptors (Lipinski definition) is 3. The number of carboxylic acids is 1. The second kappa shape index (κ2) is 5.12. The Kier molecular flexibility index (Phi) is 3.76. The van der Waals surface area contributed by atoms with Crippen LogP contribution in [-0.4, -0.2) is 34.0 Å². The van der Waals surface area contributed by atoms with E-state index in [0.717, 1.165) is 25.0 Å². The van der Waals surface area contributed by atoms with E-state index in [9.17, 15) is 14.7 Å². The van der Waals surface area contributed by atoms with Crippen LogP contribution in [0.5, 0.6) is 0 Å². The van der Waals surface area contributed by atoms with Gasteiger partial charge in [-0.05, 0) is 31.4 Å². The summed E-state index contributed by atoms with van der Waals surface area (Å²) in [6, 6.07) is 0. The van der Waals surface area contributed by atoms with Gasteiger partial charge in [0.05, 0.1) is 0 Å². The van der Waals surface area contributed by atoms with Crippen molar-refractivity contribution in [1.82, 2.24) is 5.32 Å². The van der Waals surface area contributed by atoms with Crippen molar-refractivity contribution in [3.05, 3.63) is 12.2 Å². The first-order chi connectivity index (χ1) is 8.14. The molecule has 2 atom stereocenters. The molecule has 2 unspecified atom stereocenters. The van der Waals surface area contributed by atoms with Crippen molar-refractivity contribution in [2.45, 2.75) is 31.2 Å². The highest BCUT2D eigenvalue weighted by molar-refractivity contribution is 7.99. The highest BCUT2D eigenvalue weighted by Gasteiger charge is 2.44. The zero-order valence-electron chi connectivity index (χ0n) is 9.65. The molecule has 0 aromatic rings. The second-order valence-electron chi connectivity index (χ2n) is 4.66. The topological polar surface area (TPSA) is 66.4 Å². The molecule has 2 N–H and O–H groups in total. The monoisotopic (exact) mass is 255 g/mol. The SMILES string of the molecule is O=C(NC1(C(=O)O)CCSC1)C1CC=CCC1. The Hall–Kier alpha value is -0.970. The summed E-state index contributed by atoms with van der Waals surface area (Å²) in [4.78, 5) is 23.3. The Morgan fingerprint density at radius 2 is 2.24 bits per heavy atom. The second-order valence-corrected chi connectivity index (χ2v) is 5.77. The molecule has 5 heteroatoms. The van der Waals surface area contributed by atoms with Gasteiger partial charge in [-0.1, -0.05) is 12.2 Å². The van der Waals surface area contributed by atoms with Gasteiger partial charge in [-0.2, -0.15) is 11.8 Å². The molecule has 1 aliphatic heterocycles. The summed E-state index contributed by atoms with van der Waals surface area (Å²) in [6.45, 7) is 0. The van der Waals surface area contributed by atoms with E-state index in [-0.39, 0.29) is 11.8 Å². The molecule has 1 fully saturated rings. The van der Waals surface area contributed by atoms with Crippen LogP contribution in [0.1, 0.15) is 25.7 Å². The van der Waals surface area contributed by atoms with Crippen molar-refractivity contribution in [3.8, 4) is 0 Å². The Balaban J connectivity index is 2.00. The third kappa shape index (κ3) is 2.65. The summed E-state index contributed by atoms with van der Waals surface area (Å²) in [6.07, 6.45) is 7.07. The van der Waals surface area contributed by atoms with Crippen LogP contribution in [0.4, 0.5) is 0 Å². The lowest BCUT2D eigenvalue weighted by Crippen LogP contribution is -2.56. The fourth-order valence-electron chi connectivity index (χ4n) is 2.26. The van der Waals surface area contributed by atoms with Crippen LogP contribution in [-0.2, 0) is 9.59 Å². The van der Waals surface area contributed by atoms with E-state index >= 15 is 0 Å².